The second-order valence-electron chi connectivity index (χ2n) is 5.40. The second-order valence-corrected chi connectivity index (χ2v) is 5.40. The van der Waals surface area contributed by atoms with Crippen molar-refractivity contribution < 1.29 is 9.18 Å². The van der Waals surface area contributed by atoms with E-state index in [0.717, 1.165) is 19.5 Å². The molecule has 2 aromatic rings. The molecule has 0 saturated carbocycles. The fourth-order valence-corrected chi connectivity index (χ4v) is 2.59. The van der Waals surface area contributed by atoms with Gasteiger partial charge in [-0.25, -0.2) is 9.37 Å². The number of benzene rings is 1. The lowest BCUT2D eigenvalue weighted by molar-refractivity contribution is 0.0767. The molecule has 5 nitrogen and oxygen atoms in total. The van der Waals surface area contributed by atoms with E-state index >= 15 is 0 Å². The highest BCUT2D eigenvalue weighted by atomic mass is 35.5. The van der Waals surface area contributed by atoms with E-state index in [1.165, 1.54) is 6.07 Å². The summed E-state index contributed by atoms with van der Waals surface area (Å²) >= 11 is 0. The van der Waals surface area contributed by atoms with Crippen LogP contribution >= 0.6 is 24.8 Å². The zero-order valence-corrected chi connectivity index (χ0v) is 15.2. The molecule has 1 aliphatic heterocycles. The summed E-state index contributed by atoms with van der Waals surface area (Å²) in [5.41, 5.74) is 0.760. The van der Waals surface area contributed by atoms with Gasteiger partial charge in [0.15, 0.2) is 0 Å². The number of carbonyl (C=O) groups excluding carboxylic acids is 1. The van der Waals surface area contributed by atoms with Gasteiger partial charge < -0.3 is 15.5 Å². The predicted molar refractivity (Wildman–Crippen MR) is 102 cm³/mol. The Hall–Kier alpha value is -1.89. The largest absolute Gasteiger partial charge is 0.337 e. The lowest BCUT2D eigenvalue weighted by atomic mass is 10.2. The first kappa shape index (κ1) is 21.2. The van der Waals surface area contributed by atoms with Crippen molar-refractivity contribution in [2.75, 3.05) is 31.5 Å². The molecule has 2 heterocycles. The van der Waals surface area contributed by atoms with Gasteiger partial charge in [-0.05, 0) is 37.2 Å². The molecule has 0 atom stereocenters. The van der Waals surface area contributed by atoms with Crippen LogP contribution in [0.15, 0.2) is 42.6 Å². The number of aromatic nitrogens is 1. The van der Waals surface area contributed by atoms with Gasteiger partial charge in [-0.15, -0.1) is 24.8 Å². The van der Waals surface area contributed by atoms with Gasteiger partial charge in [-0.1, -0.05) is 12.1 Å². The van der Waals surface area contributed by atoms with E-state index in [4.69, 9.17) is 0 Å². The maximum absolute atomic E-state index is 13.8. The minimum absolute atomic E-state index is 0. The molecule has 3 rings (SSSR count). The quantitative estimate of drug-likeness (QED) is 0.849. The number of carbonyl (C=O) groups is 1. The number of pyridine rings is 1. The molecule has 1 fully saturated rings. The third kappa shape index (κ3) is 5.29. The molecule has 0 unspecified atom stereocenters. The summed E-state index contributed by atoms with van der Waals surface area (Å²) in [5.74, 6) is -0.0871. The third-order valence-corrected chi connectivity index (χ3v) is 3.79. The SMILES string of the molecule is Cl.Cl.O=C(c1cccnc1Nc1ccccc1F)N1CCCNCC1. The summed E-state index contributed by atoms with van der Waals surface area (Å²) < 4.78 is 13.8. The number of nitrogens with one attached hydrogen (secondary N) is 2. The Morgan fingerprint density at radius 1 is 1.12 bits per heavy atom. The molecule has 0 aliphatic carbocycles. The standard InChI is InChI=1S/C17H19FN4O.2ClH/c18-14-6-1-2-7-15(14)21-16-13(5-3-9-20-16)17(23)22-11-4-8-19-10-12-22;;/h1-3,5-7,9,19H,4,8,10-12H2,(H,20,21);2*1H. The van der Waals surface area contributed by atoms with Gasteiger partial charge in [0.05, 0.1) is 11.3 Å². The summed E-state index contributed by atoms with van der Waals surface area (Å²) in [6.45, 7) is 3.06. The molecule has 1 saturated heterocycles. The number of hydrogen-bond donors (Lipinski definition) is 2. The Labute approximate surface area is 158 Å². The van der Waals surface area contributed by atoms with Crippen molar-refractivity contribution in [2.45, 2.75) is 6.42 Å². The maximum atomic E-state index is 13.8. The molecule has 0 bridgehead atoms. The van der Waals surface area contributed by atoms with Gasteiger partial charge in [0.25, 0.3) is 5.91 Å². The van der Waals surface area contributed by atoms with E-state index in [1.807, 2.05) is 4.90 Å². The first-order chi connectivity index (χ1) is 11.3. The van der Waals surface area contributed by atoms with E-state index in [0.29, 0.717) is 30.2 Å². The average Bonchev–Trinajstić information content (AvgIpc) is 2.86. The van der Waals surface area contributed by atoms with E-state index in [1.54, 1.807) is 36.5 Å². The molecule has 0 radical (unpaired) electrons. The molecule has 136 valence electrons. The Morgan fingerprint density at radius 3 is 2.72 bits per heavy atom. The lowest BCUT2D eigenvalue weighted by Crippen LogP contribution is -2.34. The van der Waals surface area contributed by atoms with Crippen molar-refractivity contribution in [3.63, 3.8) is 0 Å². The smallest absolute Gasteiger partial charge is 0.257 e. The fourth-order valence-electron chi connectivity index (χ4n) is 2.59. The third-order valence-electron chi connectivity index (χ3n) is 3.79. The number of amides is 1. The highest BCUT2D eigenvalue weighted by molar-refractivity contribution is 5.99. The zero-order chi connectivity index (χ0) is 16.1. The van der Waals surface area contributed by atoms with E-state index in [9.17, 15) is 9.18 Å². The molecule has 8 heteroatoms. The average molecular weight is 387 g/mol. The minimum atomic E-state index is -0.379. The van der Waals surface area contributed by atoms with Crippen molar-refractivity contribution >= 4 is 42.2 Å². The monoisotopic (exact) mass is 386 g/mol. The van der Waals surface area contributed by atoms with Crippen LogP contribution in [0.2, 0.25) is 0 Å². The van der Waals surface area contributed by atoms with Crippen LogP contribution in [0, 0.1) is 5.82 Å². The van der Waals surface area contributed by atoms with Crippen LogP contribution < -0.4 is 10.6 Å². The summed E-state index contributed by atoms with van der Waals surface area (Å²) in [5, 5.41) is 6.20. The number of para-hydroxylation sites is 1. The van der Waals surface area contributed by atoms with Gasteiger partial charge >= 0.3 is 0 Å². The normalized spacial score (nSPS) is 13.9. The lowest BCUT2D eigenvalue weighted by Gasteiger charge is -2.21. The van der Waals surface area contributed by atoms with Crippen molar-refractivity contribution in [3.05, 3.63) is 54.0 Å². The van der Waals surface area contributed by atoms with Crippen LogP contribution in [0.1, 0.15) is 16.8 Å². The predicted octanol–water partition coefficient (Wildman–Crippen LogP) is 3.24. The highest BCUT2D eigenvalue weighted by Crippen LogP contribution is 2.22. The van der Waals surface area contributed by atoms with Gasteiger partial charge in [-0.2, -0.15) is 0 Å². The van der Waals surface area contributed by atoms with Crippen LogP contribution in [0.4, 0.5) is 15.9 Å². The van der Waals surface area contributed by atoms with Gasteiger partial charge in [0, 0.05) is 25.8 Å². The maximum Gasteiger partial charge on any atom is 0.257 e. The fraction of sp³-hybridized carbons (Fsp3) is 0.294. The molecular weight excluding hydrogens is 366 g/mol. The minimum Gasteiger partial charge on any atom is -0.337 e. The summed E-state index contributed by atoms with van der Waals surface area (Å²) in [4.78, 5) is 18.8. The Kier molecular flexibility index (Phi) is 8.61. The molecule has 25 heavy (non-hydrogen) atoms. The number of rotatable bonds is 3. The molecule has 1 aromatic carbocycles. The van der Waals surface area contributed by atoms with Crippen LogP contribution in [0.25, 0.3) is 0 Å². The van der Waals surface area contributed by atoms with Crippen LogP contribution in [0.3, 0.4) is 0 Å². The summed E-state index contributed by atoms with van der Waals surface area (Å²) in [6, 6.07) is 9.78. The zero-order valence-electron chi connectivity index (χ0n) is 13.6. The summed E-state index contributed by atoms with van der Waals surface area (Å²) in [7, 11) is 0. The van der Waals surface area contributed by atoms with E-state index in [-0.39, 0.29) is 36.5 Å². The molecule has 1 amide bonds. The van der Waals surface area contributed by atoms with Crippen LogP contribution in [0.5, 0.6) is 0 Å². The Balaban J connectivity index is 0.00000156. The Bertz CT molecular complexity index is 694. The van der Waals surface area contributed by atoms with E-state index in [2.05, 4.69) is 15.6 Å². The molecule has 2 N–H and O–H groups in total. The van der Waals surface area contributed by atoms with Crippen molar-refractivity contribution in [2.24, 2.45) is 0 Å². The molecular formula is C17H21Cl2FN4O. The summed E-state index contributed by atoms with van der Waals surface area (Å²) in [6.07, 6.45) is 2.51. The number of hydrogen-bond acceptors (Lipinski definition) is 4. The molecule has 1 aromatic heterocycles. The number of anilines is 2. The van der Waals surface area contributed by atoms with Crippen LogP contribution in [-0.4, -0.2) is 42.0 Å². The second kappa shape index (κ2) is 10.2. The van der Waals surface area contributed by atoms with Gasteiger partial charge in [0.2, 0.25) is 0 Å². The van der Waals surface area contributed by atoms with Crippen molar-refractivity contribution in [1.82, 2.24) is 15.2 Å². The molecule has 1 aliphatic rings. The number of halogens is 3. The van der Waals surface area contributed by atoms with Crippen molar-refractivity contribution in [3.8, 4) is 0 Å². The Morgan fingerprint density at radius 2 is 1.92 bits per heavy atom. The highest BCUT2D eigenvalue weighted by Gasteiger charge is 2.20. The van der Waals surface area contributed by atoms with Gasteiger partial charge in [0.1, 0.15) is 11.6 Å². The van der Waals surface area contributed by atoms with Crippen LogP contribution in [-0.2, 0) is 0 Å². The topological polar surface area (TPSA) is 57.3 Å². The van der Waals surface area contributed by atoms with Gasteiger partial charge in [-0.3, -0.25) is 4.79 Å². The van der Waals surface area contributed by atoms with E-state index < -0.39 is 0 Å². The first-order valence-corrected chi connectivity index (χ1v) is 7.72. The molecule has 0 spiro atoms. The first-order valence-electron chi connectivity index (χ1n) is 7.72. The number of nitrogens with zero attached hydrogens (tertiary/aromatic N) is 2. The van der Waals surface area contributed by atoms with Crippen molar-refractivity contribution in [1.29, 1.82) is 0 Å².